The highest BCUT2D eigenvalue weighted by Crippen LogP contribution is 2.21. The predicted molar refractivity (Wildman–Crippen MR) is 87.4 cm³/mol. The van der Waals surface area contributed by atoms with Gasteiger partial charge in [-0.25, -0.2) is 4.79 Å². The van der Waals surface area contributed by atoms with Crippen LogP contribution in [0.1, 0.15) is 15.9 Å². The fraction of sp³-hybridized carbons (Fsp3) is 0.176. The molecule has 1 unspecified atom stereocenters. The number of carbonyl (C=O) groups excluding carboxylic acids is 1. The Morgan fingerprint density at radius 1 is 1.26 bits per heavy atom. The molecular weight excluding hydrogens is 318 g/mol. The number of amides is 1. The van der Waals surface area contributed by atoms with E-state index in [0.29, 0.717) is 29.0 Å². The molecule has 0 aliphatic carbocycles. The van der Waals surface area contributed by atoms with Crippen LogP contribution < -0.4 is 10.1 Å². The topological polar surface area (TPSA) is 75.6 Å². The van der Waals surface area contributed by atoms with Crippen LogP contribution in [0, 0.1) is 0 Å². The second kappa shape index (κ2) is 8.19. The Labute approximate surface area is 138 Å². The molecule has 0 aliphatic heterocycles. The van der Waals surface area contributed by atoms with Crippen LogP contribution in [0.2, 0.25) is 5.02 Å². The number of rotatable bonds is 7. The van der Waals surface area contributed by atoms with E-state index < -0.39 is 12.1 Å². The van der Waals surface area contributed by atoms with Crippen molar-refractivity contribution in [2.45, 2.75) is 12.5 Å². The number of carbonyl (C=O) groups is 2. The number of carboxylic acid groups (broad SMARTS) is 1. The van der Waals surface area contributed by atoms with Gasteiger partial charge in [-0.3, -0.25) is 4.79 Å². The van der Waals surface area contributed by atoms with E-state index in [-0.39, 0.29) is 6.61 Å². The molecule has 0 fully saturated rings. The average molecular weight is 334 g/mol. The lowest BCUT2D eigenvalue weighted by molar-refractivity contribution is 0.112. The van der Waals surface area contributed by atoms with Crippen molar-refractivity contribution in [2.24, 2.45) is 0 Å². The summed E-state index contributed by atoms with van der Waals surface area (Å²) in [7, 11) is 0. The molecule has 1 amide bonds. The minimum Gasteiger partial charge on any atom is -0.491 e. The molecule has 0 saturated heterocycles. The predicted octanol–water partition coefficient (Wildman–Crippen LogP) is 3.41. The summed E-state index contributed by atoms with van der Waals surface area (Å²) in [4.78, 5) is 21.7. The minimum absolute atomic E-state index is 0.151. The molecule has 0 bridgehead atoms. The number of hydrogen-bond acceptors (Lipinski definition) is 3. The van der Waals surface area contributed by atoms with Crippen molar-refractivity contribution in [3.63, 3.8) is 0 Å². The summed E-state index contributed by atoms with van der Waals surface area (Å²) in [5, 5.41) is 11.7. The highest BCUT2D eigenvalue weighted by molar-refractivity contribution is 6.33. The minimum atomic E-state index is -1.11. The molecule has 5 nitrogen and oxygen atoms in total. The largest absolute Gasteiger partial charge is 0.491 e. The zero-order valence-electron chi connectivity index (χ0n) is 12.2. The lowest BCUT2D eigenvalue weighted by Crippen LogP contribution is -2.39. The molecule has 0 spiro atoms. The molecule has 2 aromatic rings. The molecule has 0 aliphatic rings. The van der Waals surface area contributed by atoms with E-state index in [1.807, 2.05) is 30.3 Å². The summed E-state index contributed by atoms with van der Waals surface area (Å²) in [6.07, 6.45) is 0.0627. The first-order chi connectivity index (χ1) is 11.1. The molecular formula is C17H16ClNO4. The normalized spacial score (nSPS) is 11.5. The van der Waals surface area contributed by atoms with Crippen LogP contribution in [0.3, 0.4) is 0 Å². The fourth-order valence-corrected chi connectivity index (χ4v) is 2.33. The molecule has 0 radical (unpaired) electrons. The standard InChI is InChI=1S/C17H16ClNO4/c18-16-9-15(7-6-13(16)10-20)23-11-14(19-17(21)22)8-12-4-2-1-3-5-12/h1-7,9-10,14,19H,8,11H2,(H,21,22). The van der Waals surface area contributed by atoms with Gasteiger partial charge in [-0.05, 0) is 30.2 Å². The van der Waals surface area contributed by atoms with Crippen molar-refractivity contribution in [3.8, 4) is 5.75 Å². The van der Waals surface area contributed by atoms with Crippen LogP contribution in [-0.2, 0) is 6.42 Å². The maximum atomic E-state index is 10.9. The third kappa shape index (κ3) is 5.30. The van der Waals surface area contributed by atoms with E-state index in [4.69, 9.17) is 21.4 Å². The number of benzene rings is 2. The number of halogens is 1. The zero-order valence-corrected chi connectivity index (χ0v) is 13.0. The summed E-state index contributed by atoms with van der Waals surface area (Å²) < 4.78 is 5.60. The average Bonchev–Trinajstić information content (AvgIpc) is 2.53. The molecule has 0 aromatic heterocycles. The fourth-order valence-electron chi connectivity index (χ4n) is 2.11. The highest BCUT2D eigenvalue weighted by atomic mass is 35.5. The lowest BCUT2D eigenvalue weighted by atomic mass is 10.1. The van der Waals surface area contributed by atoms with Crippen molar-refractivity contribution >= 4 is 24.0 Å². The summed E-state index contributed by atoms with van der Waals surface area (Å²) in [6, 6.07) is 13.8. The first kappa shape index (κ1) is 16.8. The summed E-state index contributed by atoms with van der Waals surface area (Å²) >= 11 is 5.94. The second-order valence-corrected chi connectivity index (χ2v) is 5.36. The van der Waals surface area contributed by atoms with Crippen molar-refractivity contribution < 1.29 is 19.4 Å². The Hall–Kier alpha value is -2.53. The third-order valence-electron chi connectivity index (χ3n) is 3.20. The monoisotopic (exact) mass is 333 g/mol. The van der Waals surface area contributed by atoms with Crippen molar-refractivity contribution in [2.75, 3.05) is 6.61 Å². The first-order valence-electron chi connectivity index (χ1n) is 6.99. The molecule has 0 saturated carbocycles. The van der Waals surface area contributed by atoms with E-state index in [0.717, 1.165) is 5.56 Å². The van der Waals surface area contributed by atoms with Crippen molar-refractivity contribution in [1.82, 2.24) is 5.32 Å². The number of aldehydes is 1. The Morgan fingerprint density at radius 2 is 2.00 bits per heavy atom. The Balaban J connectivity index is 2.01. The highest BCUT2D eigenvalue weighted by Gasteiger charge is 2.14. The third-order valence-corrected chi connectivity index (χ3v) is 3.53. The molecule has 2 rings (SSSR count). The summed E-state index contributed by atoms with van der Waals surface area (Å²) in [6.45, 7) is 0.151. The van der Waals surface area contributed by atoms with E-state index in [9.17, 15) is 9.59 Å². The van der Waals surface area contributed by atoms with Crippen LogP contribution in [0.4, 0.5) is 4.79 Å². The van der Waals surface area contributed by atoms with E-state index in [1.54, 1.807) is 12.1 Å². The van der Waals surface area contributed by atoms with Gasteiger partial charge in [0.1, 0.15) is 12.4 Å². The quantitative estimate of drug-likeness (QED) is 0.761. The van der Waals surface area contributed by atoms with Gasteiger partial charge >= 0.3 is 6.09 Å². The Morgan fingerprint density at radius 3 is 2.61 bits per heavy atom. The SMILES string of the molecule is O=Cc1ccc(OCC(Cc2ccccc2)NC(=O)O)cc1Cl. The molecule has 2 N–H and O–H groups in total. The summed E-state index contributed by atoms with van der Waals surface area (Å²) in [5.41, 5.74) is 1.38. The van der Waals surface area contributed by atoms with Crippen molar-refractivity contribution in [1.29, 1.82) is 0 Å². The molecule has 6 heteroatoms. The molecule has 1 atom stereocenters. The van der Waals surface area contributed by atoms with Gasteiger partial charge in [-0.1, -0.05) is 41.9 Å². The van der Waals surface area contributed by atoms with Gasteiger partial charge in [0.25, 0.3) is 0 Å². The van der Waals surface area contributed by atoms with Crippen LogP contribution >= 0.6 is 11.6 Å². The van der Waals surface area contributed by atoms with Crippen LogP contribution in [0.5, 0.6) is 5.75 Å². The Kier molecular flexibility index (Phi) is 6.00. The van der Waals surface area contributed by atoms with Crippen LogP contribution in [-0.4, -0.2) is 30.1 Å². The zero-order chi connectivity index (χ0) is 16.7. The maximum absolute atomic E-state index is 10.9. The van der Waals surface area contributed by atoms with Crippen molar-refractivity contribution in [3.05, 3.63) is 64.7 Å². The second-order valence-electron chi connectivity index (χ2n) is 4.95. The molecule has 2 aromatic carbocycles. The number of nitrogens with one attached hydrogen (secondary N) is 1. The maximum Gasteiger partial charge on any atom is 0.405 e. The first-order valence-corrected chi connectivity index (χ1v) is 7.37. The van der Waals surface area contributed by atoms with Gasteiger partial charge in [0, 0.05) is 5.56 Å². The van der Waals surface area contributed by atoms with Gasteiger partial charge in [0.05, 0.1) is 11.1 Å². The number of ether oxygens (including phenoxy) is 1. The summed E-state index contributed by atoms with van der Waals surface area (Å²) in [5.74, 6) is 0.478. The molecule has 0 heterocycles. The van der Waals surface area contributed by atoms with E-state index in [1.165, 1.54) is 6.07 Å². The van der Waals surface area contributed by atoms with E-state index in [2.05, 4.69) is 5.32 Å². The van der Waals surface area contributed by atoms with Crippen LogP contribution in [0.15, 0.2) is 48.5 Å². The molecule has 120 valence electrons. The van der Waals surface area contributed by atoms with Gasteiger partial charge in [0.2, 0.25) is 0 Å². The van der Waals surface area contributed by atoms with Gasteiger partial charge < -0.3 is 15.2 Å². The Bertz CT molecular complexity index is 676. The van der Waals surface area contributed by atoms with E-state index >= 15 is 0 Å². The van der Waals surface area contributed by atoms with Crippen LogP contribution in [0.25, 0.3) is 0 Å². The molecule has 23 heavy (non-hydrogen) atoms. The lowest BCUT2D eigenvalue weighted by Gasteiger charge is -2.18. The van der Waals surface area contributed by atoms with Gasteiger partial charge in [0.15, 0.2) is 6.29 Å². The van der Waals surface area contributed by atoms with Gasteiger partial charge in [-0.15, -0.1) is 0 Å². The number of hydrogen-bond donors (Lipinski definition) is 2. The van der Waals surface area contributed by atoms with Gasteiger partial charge in [-0.2, -0.15) is 0 Å². The smallest absolute Gasteiger partial charge is 0.405 e.